The second kappa shape index (κ2) is 6.92. The van der Waals surface area contributed by atoms with Gasteiger partial charge < -0.3 is 20.2 Å². The van der Waals surface area contributed by atoms with E-state index in [4.69, 9.17) is 4.74 Å². The number of aromatic nitrogens is 1. The molecule has 1 aliphatic rings. The molecular formula is C14H19N3O4. The van der Waals surface area contributed by atoms with Crippen molar-refractivity contribution in [1.29, 1.82) is 0 Å². The van der Waals surface area contributed by atoms with Crippen LogP contribution in [-0.4, -0.2) is 42.6 Å². The predicted molar refractivity (Wildman–Crippen MR) is 74.5 cm³/mol. The molecule has 1 N–H and O–H groups in total. The molecule has 2 rings (SSSR count). The van der Waals surface area contributed by atoms with Crippen molar-refractivity contribution >= 4 is 12.0 Å². The number of hydrogen-bond acceptors (Lipinski definition) is 4. The number of ether oxygens (including phenoxy) is 1. The number of carbonyl (C=O) groups is 2. The second-order valence-corrected chi connectivity index (χ2v) is 4.88. The summed E-state index contributed by atoms with van der Waals surface area (Å²) in [6.07, 6.45) is 3.67. The SMILES string of the molecule is CCOC(=O)N1CCC(NC(=O)c2cc[n+]([O-])cc2)CC1. The van der Waals surface area contributed by atoms with Gasteiger partial charge in [0.25, 0.3) is 5.91 Å². The number of nitrogens with one attached hydrogen (secondary N) is 1. The normalized spacial score (nSPS) is 15.6. The molecule has 21 heavy (non-hydrogen) atoms. The number of piperidine rings is 1. The maximum absolute atomic E-state index is 12.0. The first-order valence-corrected chi connectivity index (χ1v) is 7.01. The van der Waals surface area contributed by atoms with Gasteiger partial charge in [0.1, 0.15) is 0 Å². The minimum atomic E-state index is -0.301. The third-order valence-corrected chi connectivity index (χ3v) is 3.42. The maximum Gasteiger partial charge on any atom is 0.409 e. The fourth-order valence-corrected chi connectivity index (χ4v) is 2.25. The highest BCUT2D eigenvalue weighted by Crippen LogP contribution is 2.12. The van der Waals surface area contributed by atoms with Crippen LogP contribution < -0.4 is 10.0 Å². The molecule has 1 fully saturated rings. The highest BCUT2D eigenvalue weighted by Gasteiger charge is 2.24. The predicted octanol–water partition coefficient (Wildman–Crippen LogP) is 0.671. The van der Waals surface area contributed by atoms with E-state index in [-0.39, 0.29) is 18.0 Å². The van der Waals surface area contributed by atoms with Gasteiger partial charge in [-0.1, -0.05) is 0 Å². The molecule has 0 spiro atoms. The first-order valence-electron chi connectivity index (χ1n) is 7.01. The fourth-order valence-electron chi connectivity index (χ4n) is 2.25. The molecule has 0 bridgehead atoms. The zero-order valence-corrected chi connectivity index (χ0v) is 11.9. The molecule has 1 saturated heterocycles. The smallest absolute Gasteiger partial charge is 0.409 e. The number of likely N-dealkylation sites (tertiary alicyclic amines) is 1. The van der Waals surface area contributed by atoms with E-state index in [1.54, 1.807) is 11.8 Å². The van der Waals surface area contributed by atoms with Crippen LogP contribution in [-0.2, 0) is 4.74 Å². The molecule has 0 atom stereocenters. The number of pyridine rings is 1. The Bertz CT molecular complexity index is 495. The van der Waals surface area contributed by atoms with E-state index < -0.39 is 0 Å². The van der Waals surface area contributed by atoms with Crippen molar-refractivity contribution in [3.63, 3.8) is 0 Å². The maximum atomic E-state index is 12.0. The average molecular weight is 293 g/mol. The van der Waals surface area contributed by atoms with Crippen molar-refractivity contribution < 1.29 is 19.1 Å². The third-order valence-electron chi connectivity index (χ3n) is 3.42. The lowest BCUT2D eigenvalue weighted by molar-refractivity contribution is -0.605. The van der Waals surface area contributed by atoms with Crippen LogP contribution in [0.1, 0.15) is 30.1 Å². The summed E-state index contributed by atoms with van der Waals surface area (Å²) in [4.78, 5) is 25.2. The van der Waals surface area contributed by atoms with Crippen LogP contribution in [0.25, 0.3) is 0 Å². The number of hydrogen-bond donors (Lipinski definition) is 1. The Kier molecular flexibility index (Phi) is 4.97. The summed E-state index contributed by atoms with van der Waals surface area (Å²) in [5.74, 6) is -0.204. The highest BCUT2D eigenvalue weighted by molar-refractivity contribution is 5.94. The fraction of sp³-hybridized carbons (Fsp3) is 0.500. The minimum Gasteiger partial charge on any atom is -0.619 e. The quantitative estimate of drug-likeness (QED) is 0.655. The van der Waals surface area contributed by atoms with Gasteiger partial charge in [0.2, 0.25) is 0 Å². The molecule has 0 aliphatic carbocycles. The van der Waals surface area contributed by atoms with Gasteiger partial charge in [-0.25, -0.2) is 4.79 Å². The Morgan fingerprint density at radius 2 is 2.00 bits per heavy atom. The Hall–Kier alpha value is -2.31. The molecule has 7 nitrogen and oxygen atoms in total. The van der Waals surface area contributed by atoms with Crippen LogP contribution in [0.2, 0.25) is 0 Å². The zero-order valence-electron chi connectivity index (χ0n) is 11.9. The molecule has 2 amide bonds. The first-order chi connectivity index (χ1) is 10.1. The highest BCUT2D eigenvalue weighted by atomic mass is 16.6. The molecule has 1 aromatic heterocycles. The van der Waals surface area contributed by atoms with Gasteiger partial charge in [-0.2, -0.15) is 4.73 Å². The van der Waals surface area contributed by atoms with E-state index in [0.717, 1.165) is 0 Å². The van der Waals surface area contributed by atoms with E-state index in [0.29, 0.717) is 42.8 Å². The van der Waals surface area contributed by atoms with Gasteiger partial charge in [-0.3, -0.25) is 4.79 Å². The summed E-state index contributed by atoms with van der Waals surface area (Å²) in [6, 6.07) is 2.99. The van der Waals surface area contributed by atoms with Crippen LogP contribution >= 0.6 is 0 Å². The Labute approximate surface area is 123 Å². The molecule has 2 heterocycles. The summed E-state index contributed by atoms with van der Waals surface area (Å²) in [5.41, 5.74) is 0.454. The summed E-state index contributed by atoms with van der Waals surface area (Å²) in [6.45, 7) is 3.28. The van der Waals surface area contributed by atoms with E-state index in [1.807, 2.05) is 0 Å². The second-order valence-electron chi connectivity index (χ2n) is 4.88. The van der Waals surface area contributed by atoms with Gasteiger partial charge in [0.05, 0.1) is 12.2 Å². The van der Waals surface area contributed by atoms with Crippen LogP contribution in [0, 0.1) is 5.21 Å². The van der Waals surface area contributed by atoms with Crippen molar-refractivity contribution in [3.8, 4) is 0 Å². The van der Waals surface area contributed by atoms with Gasteiger partial charge in [0.15, 0.2) is 12.4 Å². The van der Waals surface area contributed by atoms with E-state index in [2.05, 4.69) is 5.32 Å². The van der Waals surface area contributed by atoms with E-state index in [9.17, 15) is 14.8 Å². The lowest BCUT2D eigenvalue weighted by atomic mass is 10.0. The Morgan fingerprint density at radius 1 is 1.38 bits per heavy atom. The number of carbonyl (C=O) groups excluding carboxylic acids is 2. The monoisotopic (exact) mass is 293 g/mol. The molecule has 1 aliphatic heterocycles. The summed E-state index contributed by atoms with van der Waals surface area (Å²) in [7, 11) is 0. The van der Waals surface area contributed by atoms with Crippen molar-refractivity contribution in [1.82, 2.24) is 10.2 Å². The van der Waals surface area contributed by atoms with E-state index >= 15 is 0 Å². The third kappa shape index (κ3) is 4.08. The molecule has 0 saturated carbocycles. The van der Waals surface area contributed by atoms with Crippen LogP contribution in [0.3, 0.4) is 0 Å². The molecular weight excluding hydrogens is 274 g/mol. The Balaban J connectivity index is 1.82. The van der Waals surface area contributed by atoms with Crippen molar-refractivity contribution in [2.24, 2.45) is 0 Å². The van der Waals surface area contributed by atoms with Gasteiger partial charge >= 0.3 is 6.09 Å². The molecule has 0 aromatic carbocycles. The van der Waals surface area contributed by atoms with Crippen molar-refractivity contribution in [3.05, 3.63) is 35.3 Å². The summed E-state index contributed by atoms with van der Waals surface area (Å²) >= 11 is 0. The van der Waals surface area contributed by atoms with Crippen LogP contribution in [0.5, 0.6) is 0 Å². The summed E-state index contributed by atoms with van der Waals surface area (Å²) < 4.78 is 5.58. The average Bonchev–Trinajstić information content (AvgIpc) is 2.49. The largest absolute Gasteiger partial charge is 0.619 e. The lowest BCUT2D eigenvalue weighted by Gasteiger charge is -2.31. The lowest BCUT2D eigenvalue weighted by Crippen LogP contribution is -2.46. The Morgan fingerprint density at radius 3 is 2.57 bits per heavy atom. The van der Waals surface area contributed by atoms with Crippen molar-refractivity contribution in [2.45, 2.75) is 25.8 Å². The number of amides is 2. The molecule has 7 heteroatoms. The molecule has 0 unspecified atom stereocenters. The molecule has 114 valence electrons. The molecule has 0 radical (unpaired) electrons. The number of rotatable bonds is 3. The van der Waals surface area contributed by atoms with Crippen LogP contribution in [0.15, 0.2) is 24.5 Å². The molecule has 1 aromatic rings. The number of nitrogens with zero attached hydrogens (tertiary/aromatic N) is 2. The van der Waals surface area contributed by atoms with E-state index in [1.165, 1.54) is 24.5 Å². The standard InChI is InChI=1S/C14H19N3O4/c1-2-21-14(19)16-7-5-12(6-8-16)15-13(18)11-3-9-17(20)10-4-11/h3-4,9-10,12H,2,5-8H2,1H3,(H,15,18). The topological polar surface area (TPSA) is 85.6 Å². The van der Waals surface area contributed by atoms with Gasteiger partial charge in [0, 0.05) is 31.3 Å². The zero-order chi connectivity index (χ0) is 15.2. The minimum absolute atomic E-state index is 0.0303. The van der Waals surface area contributed by atoms with Gasteiger partial charge in [-0.05, 0) is 19.8 Å². The first kappa shape index (κ1) is 15.1. The summed E-state index contributed by atoms with van der Waals surface area (Å²) in [5, 5.41) is 13.8. The van der Waals surface area contributed by atoms with Gasteiger partial charge in [-0.15, -0.1) is 0 Å². The van der Waals surface area contributed by atoms with Crippen LogP contribution in [0.4, 0.5) is 4.79 Å². The van der Waals surface area contributed by atoms with Crippen molar-refractivity contribution in [2.75, 3.05) is 19.7 Å².